The van der Waals surface area contributed by atoms with E-state index < -0.39 is 0 Å². The van der Waals surface area contributed by atoms with Crippen LogP contribution in [0.1, 0.15) is 53.4 Å². The molecule has 0 fully saturated rings. The van der Waals surface area contributed by atoms with Gasteiger partial charge in [-0.3, -0.25) is 4.79 Å². The van der Waals surface area contributed by atoms with Gasteiger partial charge in [0.05, 0.1) is 0 Å². The molecule has 0 aromatic carbocycles. The van der Waals surface area contributed by atoms with Crippen molar-refractivity contribution in [2.45, 2.75) is 58.9 Å². The number of nitrogens with one attached hydrogen (secondary N) is 1. The lowest BCUT2D eigenvalue weighted by molar-refractivity contribution is -0.123. The number of hydrogen-bond donors (Lipinski definition) is 1. The van der Waals surface area contributed by atoms with Crippen molar-refractivity contribution in [1.82, 2.24) is 5.32 Å². The van der Waals surface area contributed by atoms with E-state index in [0.29, 0.717) is 13.0 Å². The van der Waals surface area contributed by atoms with Gasteiger partial charge in [-0.1, -0.05) is 13.3 Å². The molecule has 3 heteroatoms. The molecule has 1 amide bonds. The Hall–Kier alpha value is -0.570. The Kier molecular flexibility index (Phi) is 7.39. The third kappa shape index (κ3) is 8.43. The Labute approximate surface area is 93.6 Å². The van der Waals surface area contributed by atoms with Crippen LogP contribution in [-0.2, 0) is 9.53 Å². The lowest BCUT2D eigenvalue weighted by atomic mass is 10.0. The van der Waals surface area contributed by atoms with Gasteiger partial charge in [-0.25, -0.2) is 0 Å². The van der Waals surface area contributed by atoms with Crippen LogP contribution < -0.4 is 5.32 Å². The molecule has 0 aromatic heterocycles. The molecule has 0 aliphatic carbocycles. The number of carbonyl (C=O) groups excluding carboxylic acids is 1. The van der Waals surface area contributed by atoms with Gasteiger partial charge < -0.3 is 10.1 Å². The molecule has 0 saturated heterocycles. The number of hydrogen-bond acceptors (Lipinski definition) is 2. The van der Waals surface area contributed by atoms with Crippen molar-refractivity contribution in [1.29, 1.82) is 0 Å². The topological polar surface area (TPSA) is 38.3 Å². The van der Waals surface area contributed by atoms with E-state index in [9.17, 15) is 4.79 Å². The number of carbonyl (C=O) groups is 1. The van der Waals surface area contributed by atoms with Gasteiger partial charge >= 0.3 is 0 Å². The summed E-state index contributed by atoms with van der Waals surface area (Å²) in [4.78, 5) is 11.5. The minimum atomic E-state index is -0.153. The van der Waals surface area contributed by atoms with E-state index in [4.69, 9.17) is 4.74 Å². The number of ether oxygens (including phenoxy) is 1. The summed E-state index contributed by atoms with van der Waals surface area (Å²) < 4.78 is 5.28. The van der Waals surface area contributed by atoms with Crippen LogP contribution in [0.5, 0.6) is 0 Å². The molecule has 0 heterocycles. The van der Waals surface area contributed by atoms with Crippen LogP contribution in [0.25, 0.3) is 0 Å². The molecular formula is C12H25NO2. The van der Waals surface area contributed by atoms with Gasteiger partial charge in [0.25, 0.3) is 0 Å². The Balaban J connectivity index is 3.75. The SMILES string of the molecule is CCCCC(=O)NC(C)(C)CCOCC. The summed E-state index contributed by atoms with van der Waals surface area (Å²) in [5.41, 5.74) is -0.153. The highest BCUT2D eigenvalue weighted by atomic mass is 16.5. The summed E-state index contributed by atoms with van der Waals surface area (Å²) in [7, 11) is 0. The maximum absolute atomic E-state index is 11.5. The van der Waals surface area contributed by atoms with Gasteiger partial charge in [-0.05, 0) is 33.6 Å². The average Bonchev–Trinajstić information content (AvgIpc) is 2.14. The van der Waals surface area contributed by atoms with Crippen molar-refractivity contribution < 1.29 is 9.53 Å². The van der Waals surface area contributed by atoms with E-state index in [0.717, 1.165) is 25.9 Å². The first-order chi connectivity index (χ1) is 7.02. The highest BCUT2D eigenvalue weighted by Gasteiger charge is 2.19. The van der Waals surface area contributed by atoms with Crippen LogP contribution in [-0.4, -0.2) is 24.7 Å². The van der Waals surface area contributed by atoms with Gasteiger partial charge in [-0.2, -0.15) is 0 Å². The Morgan fingerprint density at radius 1 is 1.33 bits per heavy atom. The molecule has 0 aliphatic rings. The normalized spacial score (nSPS) is 11.5. The van der Waals surface area contributed by atoms with Gasteiger partial charge in [0.1, 0.15) is 0 Å². The lowest BCUT2D eigenvalue weighted by Crippen LogP contribution is -2.44. The van der Waals surface area contributed by atoms with Crippen LogP contribution in [0.2, 0.25) is 0 Å². The molecule has 90 valence electrons. The Bertz CT molecular complexity index is 178. The van der Waals surface area contributed by atoms with Crippen LogP contribution in [0.15, 0.2) is 0 Å². The van der Waals surface area contributed by atoms with Crippen LogP contribution in [0.3, 0.4) is 0 Å². The van der Waals surface area contributed by atoms with Crippen molar-refractivity contribution in [3.63, 3.8) is 0 Å². The predicted octanol–water partition coefficient (Wildman–Crippen LogP) is 2.50. The highest BCUT2D eigenvalue weighted by Crippen LogP contribution is 2.09. The van der Waals surface area contributed by atoms with E-state index in [1.54, 1.807) is 0 Å². The fourth-order valence-electron chi connectivity index (χ4n) is 1.31. The van der Waals surface area contributed by atoms with E-state index in [1.165, 1.54) is 0 Å². The van der Waals surface area contributed by atoms with Gasteiger partial charge in [-0.15, -0.1) is 0 Å². The van der Waals surface area contributed by atoms with Crippen LogP contribution in [0.4, 0.5) is 0 Å². The second-order valence-corrected chi connectivity index (χ2v) is 4.48. The third-order valence-electron chi connectivity index (χ3n) is 2.31. The third-order valence-corrected chi connectivity index (χ3v) is 2.31. The summed E-state index contributed by atoms with van der Waals surface area (Å²) in [6.07, 6.45) is 3.52. The first-order valence-electron chi connectivity index (χ1n) is 5.90. The standard InChI is InChI=1S/C12H25NO2/c1-5-7-8-11(14)13-12(3,4)9-10-15-6-2/h5-10H2,1-4H3,(H,13,14). The van der Waals surface area contributed by atoms with Gasteiger partial charge in [0, 0.05) is 25.2 Å². The van der Waals surface area contributed by atoms with Crippen LogP contribution >= 0.6 is 0 Å². The zero-order chi connectivity index (χ0) is 11.7. The fourth-order valence-corrected chi connectivity index (χ4v) is 1.31. The van der Waals surface area contributed by atoms with Crippen molar-refractivity contribution in [3.8, 4) is 0 Å². The summed E-state index contributed by atoms with van der Waals surface area (Å²) in [6, 6.07) is 0. The molecule has 3 nitrogen and oxygen atoms in total. The number of rotatable bonds is 8. The molecule has 0 rings (SSSR count). The number of unbranched alkanes of at least 4 members (excludes halogenated alkanes) is 1. The zero-order valence-corrected chi connectivity index (χ0v) is 10.6. The lowest BCUT2D eigenvalue weighted by Gasteiger charge is -2.26. The summed E-state index contributed by atoms with van der Waals surface area (Å²) in [6.45, 7) is 9.59. The van der Waals surface area contributed by atoms with Crippen molar-refractivity contribution in [2.75, 3.05) is 13.2 Å². The molecule has 0 unspecified atom stereocenters. The van der Waals surface area contributed by atoms with E-state index in [1.807, 2.05) is 20.8 Å². The predicted molar refractivity (Wildman–Crippen MR) is 62.9 cm³/mol. The number of amides is 1. The summed E-state index contributed by atoms with van der Waals surface area (Å²) in [5, 5.41) is 3.03. The quantitative estimate of drug-likeness (QED) is 0.632. The van der Waals surface area contributed by atoms with Gasteiger partial charge in [0.2, 0.25) is 5.91 Å². The second kappa shape index (κ2) is 7.69. The molecule has 15 heavy (non-hydrogen) atoms. The Morgan fingerprint density at radius 3 is 2.53 bits per heavy atom. The van der Waals surface area contributed by atoms with E-state index >= 15 is 0 Å². The fraction of sp³-hybridized carbons (Fsp3) is 0.917. The van der Waals surface area contributed by atoms with Crippen molar-refractivity contribution in [2.24, 2.45) is 0 Å². The second-order valence-electron chi connectivity index (χ2n) is 4.48. The summed E-state index contributed by atoms with van der Waals surface area (Å²) >= 11 is 0. The van der Waals surface area contributed by atoms with E-state index in [2.05, 4.69) is 12.2 Å². The first kappa shape index (κ1) is 14.4. The molecule has 0 aromatic rings. The maximum Gasteiger partial charge on any atom is 0.220 e. The molecule has 0 saturated carbocycles. The first-order valence-corrected chi connectivity index (χ1v) is 5.90. The van der Waals surface area contributed by atoms with Crippen LogP contribution in [0, 0.1) is 0 Å². The minimum Gasteiger partial charge on any atom is -0.382 e. The van der Waals surface area contributed by atoms with Crippen molar-refractivity contribution >= 4 is 5.91 Å². The largest absolute Gasteiger partial charge is 0.382 e. The molecule has 0 spiro atoms. The average molecular weight is 215 g/mol. The molecular weight excluding hydrogens is 190 g/mol. The molecule has 0 aliphatic heterocycles. The Morgan fingerprint density at radius 2 is 2.00 bits per heavy atom. The molecule has 0 atom stereocenters. The molecule has 0 bridgehead atoms. The zero-order valence-electron chi connectivity index (χ0n) is 10.6. The summed E-state index contributed by atoms with van der Waals surface area (Å²) in [5.74, 6) is 0.151. The smallest absolute Gasteiger partial charge is 0.220 e. The van der Waals surface area contributed by atoms with Gasteiger partial charge in [0.15, 0.2) is 0 Å². The van der Waals surface area contributed by atoms with Crippen molar-refractivity contribution in [3.05, 3.63) is 0 Å². The monoisotopic (exact) mass is 215 g/mol. The highest BCUT2D eigenvalue weighted by molar-refractivity contribution is 5.76. The van der Waals surface area contributed by atoms with E-state index in [-0.39, 0.29) is 11.4 Å². The molecule has 1 N–H and O–H groups in total. The minimum absolute atomic E-state index is 0.151. The maximum atomic E-state index is 11.5. The molecule has 0 radical (unpaired) electrons.